The standard InChI is InChI=1S/C9H9N2O3S/c12-8-2-4-9(5-3-8)15(13,14)11-7-1-6-10-11/h1-5,7,12H,6H2. The van der Waals surface area contributed by atoms with Crippen LogP contribution in [0.2, 0.25) is 0 Å². The molecule has 1 aromatic carbocycles. The average Bonchev–Trinajstić information content (AvgIpc) is 2.71. The zero-order valence-corrected chi connectivity index (χ0v) is 8.55. The molecule has 0 fully saturated rings. The minimum absolute atomic E-state index is 0.0304. The highest BCUT2D eigenvalue weighted by Crippen LogP contribution is 2.19. The summed E-state index contributed by atoms with van der Waals surface area (Å²) in [6, 6.07) is 5.33. The van der Waals surface area contributed by atoms with Gasteiger partial charge in [0.15, 0.2) is 0 Å². The van der Waals surface area contributed by atoms with Crippen LogP contribution in [0.1, 0.15) is 0 Å². The van der Waals surface area contributed by atoms with Gasteiger partial charge >= 0.3 is 0 Å². The number of nitrogens with zero attached hydrogens (tertiary/aromatic N) is 2. The number of rotatable bonds is 2. The van der Waals surface area contributed by atoms with E-state index >= 15 is 0 Å². The maximum Gasteiger partial charge on any atom is 0.278 e. The number of phenols is 1. The molecule has 79 valence electrons. The van der Waals surface area contributed by atoms with Crippen LogP contribution in [-0.4, -0.2) is 24.5 Å². The third-order valence-electron chi connectivity index (χ3n) is 1.94. The molecule has 1 heterocycles. The van der Waals surface area contributed by atoms with E-state index in [-0.39, 0.29) is 10.6 Å². The topological polar surface area (TPSA) is 71.7 Å². The van der Waals surface area contributed by atoms with Gasteiger partial charge in [0.05, 0.1) is 11.4 Å². The van der Waals surface area contributed by atoms with Crippen LogP contribution >= 0.6 is 0 Å². The van der Waals surface area contributed by atoms with Crippen molar-refractivity contribution in [1.29, 1.82) is 0 Å². The molecule has 0 spiro atoms. The Labute approximate surface area is 87.7 Å². The molecule has 0 amide bonds. The Hall–Kier alpha value is -1.53. The first-order valence-corrected chi connectivity index (χ1v) is 5.72. The summed E-state index contributed by atoms with van der Waals surface area (Å²) in [4.78, 5) is 0.107. The summed E-state index contributed by atoms with van der Waals surface area (Å²) >= 11 is 0. The van der Waals surface area contributed by atoms with Gasteiger partial charge in [-0.25, -0.2) is 0 Å². The Kier molecular flexibility index (Phi) is 2.37. The predicted molar refractivity (Wildman–Crippen MR) is 53.3 cm³/mol. The summed E-state index contributed by atoms with van der Waals surface area (Å²) in [5.41, 5.74) is 3.78. The second kappa shape index (κ2) is 3.56. The van der Waals surface area contributed by atoms with Crippen LogP contribution in [0.5, 0.6) is 5.75 Å². The molecule has 0 saturated heterocycles. The van der Waals surface area contributed by atoms with Gasteiger partial charge in [-0.1, -0.05) is 0 Å². The fourth-order valence-electron chi connectivity index (χ4n) is 1.19. The van der Waals surface area contributed by atoms with E-state index < -0.39 is 10.0 Å². The second-order valence-corrected chi connectivity index (χ2v) is 4.78. The third kappa shape index (κ3) is 1.81. The van der Waals surface area contributed by atoms with Crippen molar-refractivity contribution in [3.63, 3.8) is 0 Å². The highest BCUT2D eigenvalue weighted by Gasteiger charge is 2.24. The van der Waals surface area contributed by atoms with Crippen molar-refractivity contribution in [3.8, 4) is 5.75 Å². The lowest BCUT2D eigenvalue weighted by Gasteiger charge is -2.14. The summed E-state index contributed by atoms with van der Waals surface area (Å²) in [6.45, 7) is 0.372. The molecular weight excluding hydrogens is 216 g/mol. The molecule has 5 nitrogen and oxygen atoms in total. The zero-order chi connectivity index (χ0) is 10.9. The van der Waals surface area contributed by atoms with Gasteiger partial charge in [0.1, 0.15) is 5.75 Å². The van der Waals surface area contributed by atoms with Crippen LogP contribution in [0.3, 0.4) is 0 Å². The summed E-state index contributed by atoms with van der Waals surface area (Å²) in [5, 5.41) is 9.04. The smallest absolute Gasteiger partial charge is 0.278 e. The van der Waals surface area contributed by atoms with Crippen LogP contribution in [-0.2, 0) is 10.0 Å². The number of benzene rings is 1. The zero-order valence-electron chi connectivity index (χ0n) is 7.74. The second-order valence-electron chi connectivity index (χ2n) is 2.98. The molecule has 2 rings (SSSR count). The van der Waals surface area contributed by atoms with Gasteiger partial charge in [0, 0.05) is 6.20 Å². The van der Waals surface area contributed by atoms with Crippen LogP contribution in [0, 0.1) is 0 Å². The largest absolute Gasteiger partial charge is 0.508 e. The first-order valence-electron chi connectivity index (χ1n) is 4.28. The van der Waals surface area contributed by atoms with E-state index in [1.54, 1.807) is 6.08 Å². The Morgan fingerprint density at radius 2 is 1.93 bits per heavy atom. The Balaban J connectivity index is 2.37. The van der Waals surface area contributed by atoms with E-state index in [9.17, 15) is 8.42 Å². The fourth-order valence-corrected chi connectivity index (χ4v) is 2.36. The molecule has 15 heavy (non-hydrogen) atoms. The average molecular weight is 225 g/mol. The van der Waals surface area contributed by atoms with E-state index in [0.717, 1.165) is 4.41 Å². The summed E-state index contributed by atoms with van der Waals surface area (Å²) in [5.74, 6) is 0.0304. The molecule has 1 N–H and O–H groups in total. The summed E-state index contributed by atoms with van der Waals surface area (Å²) < 4.78 is 24.6. The SMILES string of the molecule is O=S(=O)(c1ccc(O)cc1)N1C=CC[N]1. The lowest BCUT2D eigenvalue weighted by Crippen LogP contribution is -2.29. The van der Waals surface area contributed by atoms with Crippen molar-refractivity contribution in [2.45, 2.75) is 4.90 Å². The van der Waals surface area contributed by atoms with E-state index in [1.807, 2.05) is 0 Å². The maximum absolute atomic E-state index is 11.8. The van der Waals surface area contributed by atoms with E-state index in [0.29, 0.717) is 6.54 Å². The first kappa shape index (κ1) is 10.0. The third-order valence-corrected chi connectivity index (χ3v) is 3.54. The van der Waals surface area contributed by atoms with Gasteiger partial charge in [-0.3, -0.25) is 0 Å². The molecular formula is C9H9N2O3S. The number of aromatic hydroxyl groups is 1. The van der Waals surface area contributed by atoms with Gasteiger partial charge in [-0.2, -0.15) is 12.8 Å². The molecule has 1 aliphatic rings. The minimum atomic E-state index is -3.59. The highest BCUT2D eigenvalue weighted by molar-refractivity contribution is 7.89. The van der Waals surface area contributed by atoms with Crippen LogP contribution < -0.4 is 5.43 Å². The summed E-state index contributed by atoms with van der Waals surface area (Å²) in [7, 11) is -3.59. The van der Waals surface area contributed by atoms with Crippen molar-refractivity contribution in [3.05, 3.63) is 36.5 Å². The van der Waals surface area contributed by atoms with E-state index in [4.69, 9.17) is 5.11 Å². The van der Waals surface area contributed by atoms with Crippen LogP contribution in [0.25, 0.3) is 0 Å². The van der Waals surface area contributed by atoms with Gasteiger partial charge in [-0.05, 0) is 30.3 Å². The van der Waals surface area contributed by atoms with Crippen LogP contribution in [0.15, 0.2) is 41.4 Å². The predicted octanol–water partition coefficient (Wildman–Crippen LogP) is 0.430. The monoisotopic (exact) mass is 225 g/mol. The lowest BCUT2D eigenvalue weighted by atomic mass is 10.3. The van der Waals surface area contributed by atoms with E-state index in [1.165, 1.54) is 30.5 Å². The minimum Gasteiger partial charge on any atom is -0.508 e. The van der Waals surface area contributed by atoms with Crippen LogP contribution in [0.4, 0.5) is 0 Å². The molecule has 6 heteroatoms. The molecule has 0 unspecified atom stereocenters. The van der Waals surface area contributed by atoms with Gasteiger partial charge in [0.25, 0.3) is 10.0 Å². The van der Waals surface area contributed by atoms with Crippen molar-refractivity contribution in [2.24, 2.45) is 0 Å². The molecule has 0 atom stereocenters. The molecule has 0 saturated carbocycles. The molecule has 0 bridgehead atoms. The fraction of sp³-hybridized carbons (Fsp3) is 0.111. The van der Waals surface area contributed by atoms with E-state index in [2.05, 4.69) is 5.43 Å². The van der Waals surface area contributed by atoms with Crippen molar-refractivity contribution in [2.75, 3.05) is 6.54 Å². The molecule has 0 aliphatic carbocycles. The number of sulfonamides is 1. The summed E-state index contributed by atoms with van der Waals surface area (Å²) in [6.07, 6.45) is 3.06. The molecule has 1 aliphatic heterocycles. The van der Waals surface area contributed by atoms with Crippen molar-refractivity contribution in [1.82, 2.24) is 9.84 Å². The Bertz CT molecular complexity index is 479. The number of phenolic OH excluding ortho intramolecular Hbond substituents is 1. The van der Waals surface area contributed by atoms with Crippen molar-refractivity contribution >= 4 is 10.0 Å². The lowest BCUT2D eigenvalue weighted by molar-refractivity contribution is 0.433. The maximum atomic E-state index is 11.8. The van der Waals surface area contributed by atoms with Gasteiger partial charge < -0.3 is 5.11 Å². The molecule has 1 aromatic rings. The first-order chi connectivity index (χ1) is 7.10. The molecule has 1 radical (unpaired) electrons. The van der Waals surface area contributed by atoms with Crippen molar-refractivity contribution < 1.29 is 13.5 Å². The number of hydrogen-bond donors (Lipinski definition) is 1. The van der Waals surface area contributed by atoms with Gasteiger partial charge in [0.2, 0.25) is 0 Å². The Morgan fingerprint density at radius 1 is 1.27 bits per heavy atom. The van der Waals surface area contributed by atoms with Gasteiger partial charge in [-0.15, -0.1) is 5.43 Å². The Morgan fingerprint density at radius 3 is 2.47 bits per heavy atom. The highest BCUT2D eigenvalue weighted by atomic mass is 32.2. The quantitative estimate of drug-likeness (QED) is 0.793. The number of hydrogen-bond acceptors (Lipinski definition) is 3. The molecule has 0 aromatic heterocycles. The normalized spacial score (nSPS) is 15.9.